The van der Waals surface area contributed by atoms with E-state index in [2.05, 4.69) is 19.2 Å². The summed E-state index contributed by atoms with van der Waals surface area (Å²) in [5, 5.41) is 3.51. The van der Waals surface area contributed by atoms with Gasteiger partial charge in [-0.25, -0.2) is 0 Å². The Bertz CT molecular complexity index is 151. The Morgan fingerprint density at radius 2 is 2.36 bits per heavy atom. The summed E-state index contributed by atoms with van der Waals surface area (Å²) in [6.45, 7) is 9.18. The van der Waals surface area contributed by atoms with Crippen LogP contribution in [0.2, 0.25) is 0 Å². The molecule has 0 radical (unpaired) electrons. The van der Waals surface area contributed by atoms with E-state index in [1.54, 1.807) is 0 Å². The van der Waals surface area contributed by atoms with Crippen LogP contribution in [0.25, 0.3) is 0 Å². The van der Waals surface area contributed by atoms with E-state index in [-0.39, 0.29) is 5.41 Å². The van der Waals surface area contributed by atoms with Gasteiger partial charge in [-0.2, -0.15) is 0 Å². The van der Waals surface area contributed by atoms with Gasteiger partial charge in [0.15, 0.2) is 0 Å². The molecule has 0 saturated carbocycles. The first-order valence-electron chi connectivity index (χ1n) is 5.69. The second-order valence-electron chi connectivity index (χ2n) is 4.73. The lowest BCUT2D eigenvalue weighted by Crippen LogP contribution is -2.39. The molecule has 2 unspecified atom stereocenters. The third-order valence-electron chi connectivity index (χ3n) is 3.36. The molecule has 0 aromatic rings. The van der Waals surface area contributed by atoms with E-state index in [0.29, 0.717) is 5.92 Å². The molecule has 14 heavy (non-hydrogen) atoms. The van der Waals surface area contributed by atoms with E-state index in [4.69, 9.17) is 10.5 Å². The van der Waals surface area contributed by atoms with Gasteiger partial charge in [0.05, 0.1) is 6.61 Å². The fraction of sp³-hybridized carbons (Fsp3) is 1.00. The number of hydrogen-bond acceptors (Lipinski definition) is 3. The van der Waals surface area contributed by atoms with Crippen LogP contribution >= 0.6 is 0 Å². The largest absolute Gasteiger partial charge is 0.381 e. The van der Waals surface area contributed by atoms with Crippen molar-refractivity contribution in [3.8, 4) is 0 Å². The van der Waals surface area contributed by atoms with Crippen molar-refractivity contribution in [2.75, 3.05) is 32.8 Å². The molecule has 3 heteroatoms. The SMILES string of the molecule is CCC(C)(CN)CNCC1CCOC1. The van der Waals surface area contributed by atoms with Crippen molar-refractivity contribution in [1.29, 1.82) is 0 Å². The van der Waals surface area contributed by atoms with Gasteiger partial charge in [-0.15, -0.1) is 0 Å². The number of hydrogen-bond donors (Lipinski definition) is 2. The monoisotopic (exact) mass is 200 g/mol. The van der Waals surface area contributed by atoms with Crippen LogP contribution in [0.3, 0.4) is 0 Å². The van der Waals surface area contributed by atoms with Gasteiger partial charge in [0, 0.05) is 19.7 Å². The van der Waals surface area contributed by atoms with Crippen molar-refractivity contribution in [2.24, 2.45) is 17.1 Å². The molecule has 1 fully saturated rings. The molecule has 0 aromatic heterocycles. The summed E-state index contributed by atoms with van der Waals surface area (Å²) in [5.41, 5.74) is 6.01. The highest BCUT2D eigenvalue weighted by atomic mass is 16.5. The van der Waals surface area contributed by atoms with Crippen LogP contribution in [-0.2, 0) is 4.74 Å². The lowest BCUT2D eigenvalue weighted by atomic mass is 9.87. The van der Waals surface area contributed by atoms with E-state index < -0.39 is 0 Å². The van der Waals surface area contributed by atoms with Crippen molar-refractivity contribution in [1.82, 2.24) is 5.32 Å². The summed E-state index contributed by atoms with van der Waals surface area (Å²) in [6.07, 6.45) is 2.34. The highest BCUT2D eigenvalue weighted by molar-refractivity contribution is 4.77. The van der Waals surface area contributed by atoms with E-state index in [0.717, 1.165) is 39.3 Å². The lowest BCUT2D eigenvalue weighted by Gasteiger charge is -2.27. The molecule has 1 aliphatic heterocycles. The van der Waals surface area contributed by atoms with E-state index in [9.17, 15) is 0 Å². The van der Waals surface area contributed by atoms with E-state index in [1.165, 1.54) is 6.42 Å². The predicted octanol–water partition coefficient (Wildman–Crippen LogP) is 0.987. The maximum Gasteiger partial charge on any atom is 0.0507 e. The molecule has 0 bridgehead atoms. The van der Waals surface area contributed by atoms with Gasteiger partial charge in [-0.1, -0.05) is 13.8 Å². The molecule has 1 aliphatic rings. The lowest BCUT2D eigenvalue weighted by molar-refractivity contribution is 0.184. The van der Waals surface area contributed by atoms with Crippen molar-refractivity contribution >= 4 is 0 Å². The van der Waals surface area contributed by atoms with E-state index in [1.807, 2.05) is 0 Å². The highest BCUT2D eigenvalue weighted by Crippen LogP contribution is 2.18. The van der Waals surface area contributed by atoms with Crippen LogP contribution in [0.1, 0.15) is 26.7 Å². The fourth-order valence-corrected chi connectivity index (χ4v) is 1.66. The molecule has 1 saturated heterocycles. The fourth-order valence-electron chi connectivity index (χ4n) is 1.66. The first-order chi connectivity index (χ1) is 6.70. The maximum absolute atomic E-state index is 5.75. The predicted molar refractivity (Wildman–Crippen MR) is 59.2 cm³/mol. The third-order valence-corrected chi connectivity index (χ3v) is 3.36. The number of ether oxygens (including phenoxy) is 1. The molecule has 2 atom stereocenters. The second kappa shape index (κ2) is 5.69. The van der Waals surface area contributed by atoms with Crippen molar-refractivity contribution in [3.05, 3.63) is 0 Å². The smallest absolute Gasteiger partial charge is 0.0507 e. The van der Waals surface area contributed by atoms with Gasteiger partial charge < -0.3 is 15.8 Å². The van der Waals surface area contributed by atoms with Gasteiger partial charge in [0.1, 0.15) is 0 Å². The Kier molecular flexibility index (Phi) is 4.85. The van der Waals surface area contributed by atoms with Crippen molar-refractivity contribution < 1.29 is 4.74 Å². The molecule has 3 N–H and O–H groups in total. The van der Waals surface area contributed by atoms with Gasteiger partial charge in [-0.05, 0) is 30.7 Å². The standard InChI is InChI=1S/C11H24N2O/c1-3-11(2,8-12)9-13-6-10-4-5-14-7-10/h10,13H,3-9,12H2,1-2H3. The zero-order chi connectivity index (χ0) is 10.4. The van der Waals surface area contributed by atoms with E-state index >= 15 is 0 Å². The zero-order valence-corrected chi connectivity index (χ0v) is 9.51. The van der Waals surface area contributed by atoms with Gasteiger partial charge in [0.2, 0.25) is 0 Å². The van der Waals surface area contributed by atoms with Crippen LogP contribution in [0.4, 0.5) is 0 Å². The molecule has 0 amide bonds. The van der Waals surface area contributed by atoms with Gasteiger partial charge in [0.25, 0.3) is 0 Å². The van der Waals surface area contributed by atoms with Crippen LogP contribution < -0.4 is 11.1 Å². The Morgan fingerprint density at radius 1 is 1.57 bits per heavy atom. The minimum absolute atomic E-state index is 0.263. The molecular formula is C11H24N2O. The molecule has 0 aromatic carbocycles. The summed E-state index contributed by atoms with van der Waals surface area (Å²) >= 11 is 0. The van der Waals surface area contributed by atoms with Crippen LogP contribution in [-0.4, -0.2) is 32.8 Å². The zero-order valence-electron chi connectivity index (χ0n) is 9.51. The summed E-state index contributed by atoms with van der Waals surface area (Å²) in [4.78, 5) is 0. The van der Waals surface area contributed by atoms with Crippen molar-refractivity contribution in [2.45, 2.75) is 26.7 Å². The topological polar surface area (TPSA) is 47.3 Å². The summed E-state index contributed by atoms with van der Waals surface area (Å²) in [6, 6.07) is 0. The molecule has 84 valence electrons. The van der Waals surface area contributed by atoms with Crippen LogP contribution in [0.15, 0.2) is 0 Å². The second-order valence-corrected chi connectivity index (χ2v) is 4.73. The Morgan fingerprint density at radius 3 is 2.86 bits per heavy atom. The highest BCUT2D eigenvalue weighted by Gasteiger charge is 2.21. The molecule has 3 nitrogen and oxygen atoms in total. The Labute approximate surface area is 87.4 Å². The Balaban J connectivity index is 2.12. The van der Waals surface area contributed by atoms with Crippen LogP contribution in [0.5, 0.6) is 0 Å². The quantitative estimate of drug-likeness (QED) is 0.672. The molecular weight excluding hydrogens is 176 g/mol. The number of nitrogens with two attached hydrogens (primary N) is 1. The Hall–Kier alpha value is -0.120. The van der Waals surface area contributed by atoms with Crippen molar-refractivity contribution in [3.63, 3.8) is 0 Å². The molecule has 0 aliphatic carbocycles. The average Bonchev–Trinajstić information content (AvgIpc) is 2.70. The minimum atomic E-state index is 0.263. The minimum Gasteiger partial charge on any atom is -0.381 e. The van der Waals surface area contributed by atoms with Crippen LogP contribution in [0, 0.1) is 11.3 Å². The molecule has 1 rings (SSSR count). The van der Waals surface area contributed by atoms with Gasteiger partial charge >= 0.3 is 0 Å². The number of rotatable bonds is 6. The third kappa shape index (κ3) is 3.56. The number of nitrogens with one attached hydrogen (secondary N) is 1. The summed E-state index contributed by atoms with van der Waals surface area (Å²) in [7, 11) is 0. The molecule has 1 heterocycles. The molecule has 0 spiro atoms. The average molecular weight is 200 g/mol. The van der Waals surface area contributed by atoms with Gasteiger partial charge in [-0.3, -0.25) is 0 Å². The normalized spacial score (nSPS) is 26.4. The summed E-state index contributed by atoms with van der Waals surface area (Å²) < 4.78 is 5.33. The maximum atomic E-state index is 5.75. The summed E-state index contributed by atoms with van der Waals surface area (Å²) in [5.74, 6) is 0.717. The first-order valence-corrected chi connectivity index (χ1v) is 5.69. The first kappa shape index (κ1) is 12.0.